The Morgan fingerprint density at radius 3 is 2.50 bits per heavy atom. The summed E-state index contributed by atoms with van der Waals surface area (Å²) in [5, 5.41) is 2.78. The average molecular weight is 427 g/mol. The first-order valence-electron chi connectivity index (χ1n) is 8.98. The van der Waals surface area contributed by atoms with E-state index in [2.05, 4.69) is 11.9 Å². The van der Waals surface area contributed by atoms with Gasteiger partial charge in [0, 0.05) is 11.6 Å². The summed E-state index contributed by atoms with van der Waals surface area (Å²) < 4.78 is 11.2. The minimum atomic E-state index is -0.774. The van der Waals surface area contributed by atoms with Gasteiger partial charge in [0.25, 0.3) is 11.8 Å². The van der Waals surface area contributed by atoms with E-state index in [-0.39, 0.29) is 18.7 Å². The quantitative estimate of drug-likeness (QED) is 0.415. The van der Waals surface area contributed by atoms with Gasteiger partial charge in [-0.3, -0.25) is 19.8 Å². The second kappa shape index (κ2) is 9.28. The second-order valence-electron chi connectivity index (χ2n) is 6.35. The van der Waals surface area contributed by atoms with Gasteiger partial charge in [-0.25, -0.2) is 4.79 Å². The second-order valence-corrected chi connectivity index (χ2v) is 6.78. The summed E-state index contributed by atoms with van der Waals surface area (Å²) in [6, 6.07) is 11.4. The zero-order valence-corrected chi connectivity index (χ0v) is 16.9. The van der Waals surface area contributed by atoms with Crippen molar-refractivity contribution < 1.29 is 23.9 Å². The molecule has 1 heterocycles. The number of nitrogens with zero attached hydrogens (tertiary/aromatic N) is 1. The first kappa shape index (κ1) is 21.1. The minimum Gasteiger partial charge on any atom is -0.493 e. The number of imide groups is 2. The van der Waals surface area contributed by atoms with Crippen LogP contribution in [0.2, 0.25) is 5.02 Å². The molecule has 1 N–H and O–H groups in total. The monoisotopic (exact) mass is 426 g/mol. The summed E-state index contributed by atoms with van der Waals surface area (Å²) in [6.07, 6.45) is 2.80. The van der Waals surface area contributed by atoms with E-state index in [1.807, 2.05) is 12.1 Å². The summed E-state index contributed by atoms with van der Waals surface area (Å²) in [6.45, 7) is 3.78. The molecule has 0 unspecified atom stereocenters. The molecule has 0 radical (unpaired) electrons. The van der Waals surface area contributed by atoms with Crippen molar-refractivity contribution in [1.82, 2.24) is 10.2 Å². The Balaban J connectivity index is 1.86. The van der Waals surface area contributed by atoms with E-state index >= 15 is 0 Å². The van der Waals surface area contributed by atoms with E-state index in [1.54, 1.807) is 30.3 Å². The zero-order valence-electron chi connectivity index (χ0n) is 16.2. The Hall–Kier alpha value is -3.58. The van der Waals surface area contributed by atoms with Gasteiger partial charge >= 0.3 is 6.03 Å². The van der Waals surface area contributed by atoms with Gasteiger partial charge in [0.2, 0.25) is 0 Å². The van der Waals surface area contributed by atoms with Crippen LogP contribution in [0.15, 0.2) is 60.7 Å². The minimum absolute atomic E-state index is 0.00659. The molecule has 4 amide bonds. The number of nitrogens with one attached hydrogen (secondary N) is 1. The highest BCUT2D eigenvalue weighted by atomic mass is 35.5. The Kier molecular flexibility index (Phi) is 6.54. The lowest BCUT2D eigenvalue weighted by Gasteiger charge is -2.25. The molecule has 3 rings (SSSR count). The van der Waals surface area contributed by atoms with Crippen LogP contribution in [0.4, 0.5) is 4.79 Å². The van der Waals surface area contributed by atoms with Crippen molar-refractivity contribution >= 4 is 35.5 Å². The van der Waals surface area contributed by atoms with Crippen LogP contribution in [0.5, 0.6) is 11.5 Å². The maximum absolute atomic E-state index is 12.5. The standard InChI is InChI=1S/C22H19ClN2O5/c1-3-10-25-21(27)17(20(26)24-22(25)28)11-15-6-9-18(29-2)19(12-15)30-13-14-4-7-16(23)8-5-14/h3-9,11-12H,1,10,13H2,2H3,(H,24,26,28)/b17-11-. The molecule has 1 aliphatic heterocycles. The smallest absolute Gasteiger partial charge is 0.331 e. The topological polar surface area (TPSA) is 84.9 Å². The number of hydrogen-bond donors (Lipinski definition) is 1. The van der Waals surface area contributed by atoms with Crippen LogP contribution >= 0.6 is 11.6 Å². The van der Waals surface area contributed by atoms with Gasteiger partial charge in [0.05, 0.1) is 7.11 Å². The van der Waals surface area contributed by atoms with E-state index in [9.17, 15) is 14.4 Å². The van der Waals surface area contributed by atoms with Crippen LogP contribution in [0.1, 0.15) is 11.1 Å². The molecular weight excluding hydrogens is 408 g/mol. The van der Waals surface area contributed by atoms with Crippen LogP contribution in [0, 0.1) is 0 Å². The molecule has 0 aromatic heterocycles. The highest BCUT2D eigenvalue weighted by Crippen LogP contribution is 2.30. The maximum atomic E-state index is 12.5. The summed E-state index contributed by atoms with van der Waals surface area (Å²) in [5.74, 6) is -0.522. The third-order valence-electron chi connectivity index (χ3n) is 4.30. The Labute approximate surface area is 178 Å². The molecule has 1 saturated heterocycles. The zero-order chi connectivity index (χ0) is 21.7. The predicted molar refractivity (Wildman–Crippen MR) is 112 cm³/mol. The number of ether oxygens (including phenoxy) is 2. The van der Waals surface area contributed by atoms with Crippen LogP contribution in [-0.2, 0) is 16.2 Å². The summed E-state index contributed by atoms with van der Waals surface area (Å²) in [4.78, 5) is 37.5. The number of carbonyl (C=O) groups excluding carboxylic acids is 3. The molecule has 0 aliphatic carbocycles. The molecule has 2 aromatic rings. The highest BCUT2D eigenvalue weighted by Gasteiger charge is 2.34. The number of amides is 4. The Morgan fingerprint density at radius 1 is 1.10 bits per heavy atom. The SMILES string of the molecule is C=CCN1C(=O)NC(=O)/C(=C/c2ccc(OC)c(OCc3ccc(Cl)cc3)c2)C1=O. The molecule has 7 nitrogen and oxygen atoms in total. The van der Waals surface area contributed by atoms with E-state index in [0.29, 0.717) is 22.1 Å². The van der Waals surface area contributed by atoms with Gasteiger partial charge < -0.3 is 9.47 Å². The highest BCUT2D eigenvalue weighted by molar-refractivity contribution is 6.31. The molecule has 0 saturated carbocycles. The third kappa shape index (κ3) is 4.69. The molecule has 0 spiro atoms. The Bertz CT molecular complexity index is 1030. The molecule has 0 bridgehead atoms. The largest absolute Gasteiger partial charge is 0.493 e. The number of urea groups is 1. The summed E-state index contributed by atoms with van der Waals surface area (Å²) in [7, 11) is 1.51. The van der Waals surface area contributed by atoms with Crippen molar-refractivity contribution in [2.45, 2.75) is 6.61 Å². The number of barbiturate groups is 1. The van der Waals surface area contributed by atoms with E-state index in [1.165, 1.54) is 19.3 Å². The predicted octanol–water partition coefficient (Wildman–Crippen LogP) is 3.58. The molecule has 1 aliphatic rings. The molecular formula is C22H19ClN2O5. The van der Waals surface area contributed by atoms with Crippen LogP contribution < -0.4 is 14.8 Å². The molecule has 0 atom stereocenters. The van der Waals surface area contributed by atoms with Gasteiger partial charge in [0.1, 0.15) is 12.2 Å². The van der Waals surface area contributed by atoms with Gasteiger partial charge in [-0.05, 0) is 41.5 Å². The molecule has 154 valence electrons. The van der Waals surface area contributed by atoms with Crippen LogP contribution in [0.3, 0.4) is 0 Å². The molecule has 1 fully saturated rings. The summed E-state index contributed by atoms with van der Waals surface area (Å²) >= 11 is 5.90. The lowest BCUT2D eigenvalue weighted by atomic mass is 10.1. The van der Waals surface area contributed by atoms with Crippen LogP contribution in [-0.4, -0.2) is 36.4 Å². The van der Waals surface area contributed by atoms with Crippen molar-refractivity contribution in [3.63, 3.8) is 0 Å². The fourth-order valence-corrected chi connectivity index (χ4v) is 2.92. The lowest BCUT2D eigenvalue weighted by Crippen LogP contribution is -2.54. The molecule has 30 heavy (non-hydrogen) atoms. The van der Waals surface area contributed by atoms with Crippen molar-refractivity contribution in [1.29, 1.82) is 0 Å². The van der Waals surface area contributed by atoms with E-state index < -0.39 is 17.8 Å². The van der Waals surface area contributed by atoms with Gasteiger partial charge in [-0.15, -0.1) is 6.58 Å². The fraction of sp³-hybridized carbons (Fsp3) is 0.136. The Morgan fingerprint density at radius 2 is 1.83 bits per heavy atom. The lowest BCUT2D eigenvalue weighted by molar-refractivity contribution is -0.129. The third-order valence-corrected chi connectivity index (χ3v) is 4.56. The molecule has 2 aromatic carbocycles. The normalized spacial score (nSPS) is 15.2. The van der Waals surface area contributed by atoms with Gasteiger partial charge in [0.15, 0.2) is 11.5 Å². The molecule has 8 heteroatoms. The first-order valence-corrected chi connectivity index (χ1v) is 9.35. The average Bonchev–Trinajstić information content (AvgIpc) is 2.74. The van der Waals surface area contributed by atoms with Crippen LogP contribution in [0.25, 0.3) is 6.08 Å². The maximum Gasteiger partial charge on any atom is 0.331 e. The first-order chi connectivity index (χ1) is 14.4. The van der Waals surface area contributed by atoms with Crippen molar-refractivity contribution in [3.05, 3.63) is 76.8 Å². The number of hydrogen-bond acceptors (Lipinski definition) is 5. The summed E-state index contributed by atoms with van der Waals surface area (Å²) in [5.41, 5.74) is 1.28. The van der Waals surface area contributed by atoms with Crippen molar-refractivity contribution in [2.24, 2.45) is 0 Å². The van der Waals surface area contributed by atoms with E-state index in [0.717, 1.165) is 10.5 Å². The van der Waals surface area contributed by atoms with Crippen molar-refractivity contribution in [3.8, 4) is 11.5 Å². The number of methoxy groups -OCH3 is 1. The number of halogens is 1. The number of rotatable bonds is 7. The number of carbonyl (C=O) groups is 3. The van der Waals surface area contributed by atoms with E-state index in [4.69, 9.17) is 21.1 Å². The van der Waals surface area contributed by atoms with Gasteiger partial charge in [-0.1, -0.05) is 35.9 Å². The number of benzene rings is 2. The van der Waals surface area contributed by atoms with Gasteiger partial charge in [-0.2, -0.15) is 0 Å². The van der Waals surface area contributed by atoms with Crippen molar-refractivity contribution in [2.75, 3.05) is 13.7 Å². The fourth-order valence-electron chi connectivity index (χ4n) is 2.79.